The smallest absolute Gasteiger partial charge is 0.327 e. The second-order valence-corrected chi connectivity index (χ2v) is 6.68. The summed E-state index contributed by atoms with van der Waals surface area (Å²) in [6.45, 7) is 3.85. The predicted molar refractivity (Wildman–Crippen MR) is 84.0 cm³/mol. The molecule has 3 heterocycles. The van der Waals surface area contributed by atoms with Gasteiger partial charge in [0, 0.05) is 37.6 Å². The SMILES string of the molecule is Cc1cnc(N2CCC(N3CC(=O)N(C4CC4)C3=O)CC2)nc1. The van der Waals surface area contributed by atoms with E-state index in [4.69, 9.17) is 0 Å². The Morgan fingerprint density at radius 2 is 1.65 bits per heavy atom. The third kappa shape index (κ3) is 2.64. The van der Waals surface area contributed by atoms with Crippen LogP contribution in [0.25, 0.3) is 0 Å². The van der Waals surface area contributed by atoms with Crippen molar-refractivity contribution >= 4 is 17.9 Å². The highest BCUT2D eigenvalue weighted by atomic mass is 16.2. The maximum Gasteiger partial charge on any atom is 0.327 e. The Kier molecular flexibility index (Phi) is 3.43. The van der Waals surface area contributed by atoms with Gasteiger partial charge in [-0.05, 0) is 38.2 Å². The maximum atomic E-state index is 12.5. The Bertz CT molecular complexity index is 620. The molecule has 0 atom stereocenters. The van der Waals surface area contributed by atoms with E-state index in [1.807, 2.05) is 19.3 Å². The first-order valence-corrected chi connectivity index (χ1v) is 8.30. The molecule has 7 nitrogen and oxygen atoms in total. The van der Waals surface area contributed by atoms with Gasteiger partial charge in [0.1, 0.15) is 6.54 Å². The quantitative estimate of drug-likeness (QED) is 0.784. The second kappa shape index (κ2) is 5.47. The molecule has 0 aromatic carbocycles. The molecule has 1 aromatic rings. The highest BCUT2D eigenvalue weighted by Gasteiger charge is 2.47. The number of hydrogen-bond donors (Lipinski definition) is 0. The summed E-state index contributed by atoms with van der Waals surface area (Å²) in [6, 6.07) is 0.237. The van der Waals surface area contributed by atoms with Crippen molar-refractivity contribution in [2.24, 2.45) is 0 Å². The van der Waals surface area contributed by atoms with Crippen molar-refractivity contribution in [3.63, 3.8) is 0 Å². The third-order valence-corrected chi connectivity index (χ3v) is 4.89. The number of urea groups is 1. The van der Waals surface area contributed by atoms with E-state index in [0.717, 1.165) is 50.3 Å². The minimum absolute atomic E-state index is 0.0261. The van der Waals surface area contributed by atoms with Gasteiger partial charge in [0.15, 0.2) is 0 Å². The third-order valence-electron chi connectivity index (χ3n) is 4.89. The highest BCUT2D eigenvalue weighted by Crippen LogP contribution is 2.32. The number of nitrogens with zero attached hydrogens (tertiary/aromatic N) is 5. The molecule has 0 radical (unpaired) electrons. The lowest BCUT2D eigenvalue weighted by Crippen LogP contribution is -2.47. The van der Waals surface area contributed by atoms with Crippen LogP contribution in [0.3, 0.4) is 0 Å². The normalized spacial score (nSPS) is 23.1. The second-order valence-electron chi connectivity index (χ2n) is 6.68. The number of aromatic nitrogens is 2. The molecular formula is C16H21N5O2. The summed E-state index contributed by atoms with van der Waals surface area (Å²) < 4.78 is 0. The summed E-state index contributed by atoms with van der Waals surface area (Å²) in [4.78, 5) is 38.7. The van der Waals surface area contributed by atoms with Crippen LogP contribution in [-0.4, -0.2) is 63.4 Å². The average Bonchev–Trinajstić information content (AvgIpc) is 3.34. The number of hydrogen-bond acceptors (Lipinski definition) is 5. The molecule has 0 unspecified atom stereocenters. The van der Waals surface area contributed by atoms with Crippen LogP contribution in [0.4, 0.5) is 10.7 Å². The van der Waals surface area contributed by atoms with Gasteiger partial charge in [0.25, 0.3) is 5.91 Å². The van der Waals surface area contributed by atoms with Gasteiger partial charge in [-0.1, -0.05) is 0 Å². The number of carbonyl (C=O) groups excluding carboxylic acids is 2. The molecule has 3 amide bonds. The fourth-order valence-corrected chi connectivity index (χ4v) is 3.44. The summed E-state index contributed by atoms with van der Waals surface area (Å²) in [5.74, 6) is 0.722. The fourth-order valence-electron chi connectivity index (χ4n) is 3.44. The number of anilines is 1. The van der Waals surface area contributed by atoms with Crippen molar-refractivity contribution in [3.8, 4) is 0 Å². The van der Waals surface area contributed by atoms with Crippen LogP contribution in [0.2, 0.25) is 0 Å². The largest absolute Gasteiger partial charge is 0.341 e. The molecule has 122 valence electrons. The lowest BCUT2D eigenvalue weighted by molar-refractivity contribution is -0.125. The van der Waals surface area contributed by atoms with Crippen molar-refractivity contribution in [1.29, 1.82) is 0 Å². The maximum absolute atomic E-state index is 12.5. The summed E-state index contributed by atoms with van der Waals surface area (Å²) >= 11 is 0. The van der Waals surface area contributed by atoms with E-state index in [1.54, 1.807) is 4.90 Å². The molecule has 0 spiro atoms. The summed E-state index contributed by atoms with van der Waals surface area (Å²) in [5.41, 5.74) is 1.05. The molecule has 1 aliphatic carbocycles. The van der Waals surface area contributed by atoms with Crippen LogP contribution >= 0.6 is 0 Å². The topological polar surface area (TPSA) is 69.6 Å². The van der Waals surface area contributed by atoms with Crippen molar-refractivity contribution in [2.75, 3.05) is 24.5 Å². The Labute approximate surface area is 135 Å². The first-order valence-electron chi connectivity index (χ1n) is 8.30. The average molecular weight is 315 g/mol. The van der Waals surface area contributed by atoms with Crippen molar-refractivity contribution in [1.82, 2.24) is 19.8 Å². The van der Waals surface area contributed by atoms with Crippen molar-refractivity contribution in [3.05, 3.63) is 18.0 Å². The van der Waals surface area contributed by atoms with Crippen LogP contribution in [0, 0.1) is 6.92 Å². The van der Waals surface area contributed by atoms with Gasteiger partial charge >= 0.3 is 6.03 Å². The van der Waals surface area contributed by atoms with Gasteiger partial charge in [-0.15, -0.1) is 0 Å². The lowest BCUT2D eigenvalue weighted by atomic mass is 10.0. The summed E-state index contributed by atoms with van der Waals surface area (Å²) in [6.07, 6.45) is 7.29. The number of amides is 3. The van der Waals surface area contributed by atoms with Gasteiger partial charge < -0.3 is 9.80 Å². The van der Waals surface area contributed by atoms with Crippen LogP contribution in [0.15, 0.2) is 12.4 Å². The van der Waals surface area contributed by atoms with Crippen LogP contribution in [0.1, 0.15) is 31.2 Å². The van der Waals surface area contributed by atoms with E-state index >= 15 is 0 Å². The lowest BCUT2D eigenvalue weighted by Gasteiger charge is -2.36. The number of piperidine rings is 1. The van der Waals surface area contributed by atoms with E-state index in [9.17, 15) is 9.59 Å². The predicted octanol–water partition coefficient (Wildman–Crippen LogP) is 1.18. The molecule has 1 saturated carbocycles. The molecule has 3 fully saturated rings. The van der Waals surface area contributed by atoms with Crippen molar-refractivity contribution in [2.45, 2.75) is 44.7 Å². The standard InChI is InChI=1S/C16H21N5O2/c1-11-8-17-15(18-9-11)19-6-4-12(5-7-19)20-10-14(22)21(16(20)23)13-2-3-13/h8-9,12-13H,2-7,10H2,1H3. The zero-order valence-electron chi connectivity index (χ0n) is 13.3. The molecule has 2 saturated heterocycles. The van der Waals surface area contributed by atoms with Gasteiger partial charge in [0.2, 0.25) is 5.95 Å². The molecular weight excluding hydrogens is 294 g/mol. The molecule has 7 heteroatoms. The zero-order chi connectivity index (χ0) is 16.0. The van der Waals surface area contributed by atoms with E-state index in [0.29, 0.717) is 0 Å². The monoisotopic (exact) mass is 315 g/mol. The van der Waals surface area contributed by atoms with Gasteiger partial charge in [-0.25, -0.2) is 14.8 Å². The number of imide groups is 1. The minimum Gasteiger partial charge on any atom is -0.341 e. The molecule has 3 aliphatic rings. The molecule has 4 rings (SSSR count). The Morgan fingerprint density at radius 3 is 2.26 bits per heavy atom. The van der Waals surface area contributed by atoms with E-state index in [-0.39, 0.29) is 30.6 Å². The molecule has 0 bridgehead atoms. The van der Waals surface area contributed by atoms with Gasteiger partial charge in [0.05, 0.1) is 0 Å². The first kappa shape index (κ1) is 14.4. The van der Waals surface area contributed by atoms with E-state index in [2.05, 4.69) is 14.9 Å². The number of aryl methyl sites for hydroxylation is 1. The minimum atomic E-state index is -0.0810. The fraction of sp³-hybridized carbons (Fsp3) is 0.625. The Hall–Kier alpha value is -2.18. The summed E-state index contributed by atoms with van der Waals surface area (Å²) in [5, 5.41) is 0. The number of rotatable bonds is 3. The Morgan fingerprint density at radius 1 is 1.00 bits per heavy atom. The zero-order valence-corrected chi connectivity index (χ0v) is 13.3. The molecule has 23 heavy (non-hydrogen) atoms. The molecule has 1 aromatic heterocycles. The Balaban J connectivity index is 1.39. The first-order chi connectivity index (χ1) is 11.1. The summed E-state index contributed by atoms with van der Waals surface area (Å²) in [7, 11) is 0. The van der Waals surface area contributed by atoms with E-state index < -0.39 is 0 Å². The van der Waals surface area contributed by atoms with Crippen LogP contribution < -0.4 is 4.90 Å². The van der Waals surface area contributed by atoms with Crippen LogP contribution in [-0.2, 0) is 4.79 Å². The number of carbonyl (C=O) groups is 2. The van der Waals surface area contributed by atoms with Gasteiger partial charge in [-0.2, -0.15) is 0 Å². The molecule has 2 aliphatic heterocycles. The van der Waals surface area contributed by atoms with Gasteiger partial charge in [-0.3, -0.25) is 9.69 Å². The van der Waals surface area contributed by atoms with E-state index in [1.165, 1.54) is 4.90 Å². The van der Waals surface area contributed by atoms with Crippen LogP contribution in [0.5, 0.6) is 0 Å². The van der Waals surface area contributed by atoms with Crippen molar-refractivity contribution < 1.29 is 9.59 Å². The highest BCUT2D eigenvalue weighted by molar-refractivity contribution is 6.02. The molecule has 0 N–H and O–H groups in total.